The van der Waals surface area contributed by atoms with E-state index < -0.39 is 0 Å². The molecule has 0 aliphatic heterocycles. The van der Waals surface area contributed by atoms with Crippen LogP contribution in [-0.2, 0) is 6.42 Å². The van der Waals surface area contributed by atoms with Crippen LogP contribution >= 0.6 is 0 Å². The third-order valence-corrected chi connectivity index (χ3v) is 2.52. The number of hydrogen-bond acceptors (Lipinski definition) is 3. The van der Waals surface area contributed by atoms with E-state index in [1.807, 2.05) is 12.1 Å². The molecule has 0 saturated carbocycles. The van der Waals surface area contributed by atoms with Gasteiger partial charge in [-0.2, -0.15) is 0 Å². The van der Waals surface area contributed by atoms with Crippen LogP contribution in [0.25, 0.3) is 10.8 Å². The van der Waals surface area contributed by atoms with Crippen LogP contribution in [0.4, 0.5) is 0 Å². The average molecular weight is 203 g/mol. The van der Waals surface area contributed by atoms with Crippen molar-refractivity contribution >= 4 is 10.8 Å². The molecular weight excluding hydrogens is 190 g/mol. The van der Waals surface area contributed by atoms with E-state index in [2.05, 4.69) is 0 Å². The van der Waals surface area contributed by atoms with Crippen molar-refractivity contribution in [1.82, 2.24) is 0 Å². The second-order valence-electron chi connectivity index (χ2n) is 3.48. The summed E-state index contributed by atoms with van der Waals surface area (Å²) in [5.41, 5.74) is 6.60. The number of phenols is 2. The molecule has 0 saturated heterocycles. The molecule has 4 N–H and O–H groups in total. The van der Waals surface area contributed by atoms with Crippen LogP contribution in [0.2, 0.25) is 0 Å². The molecule has 15 heavy (non-hydrogen) atoms. The molecule has 0 aromatic heterocycles. The van der Waals surface area contributed by atoms with Crippen LogP contribution in [0.15, 0.2) is 30.3 Å². The average Bonchev–Trinajstić information content (AvgIpc) is 2.25. The predicted octanol–water partition coefficient (Wildman–Crippen LogP) is 1.75. The van der Waals surface area contributed by atoms with Gasteiger partial charge in [-0.15, -0.1) is 0 Å². The topological polar surface area (TPSA) is 66.5 Å². The second kappa shape index (κ2) is 3.79. The first kappa shape index (κ1) is 9.80. The van der Waals surface area contributed by atoms with Crippen LogP contribution in [-0.4, -0.2) is 16.8 Å². The van der Waals surface area contributed by atoms with Crippen molar-refractivity contribution in [3.63, 3.8) is 0 Å². The number of nitrogens with two attached hydrogens (primary N) is 1. The molecule has 0 aliphatic rings. The summed E-state index contributed by atoms with van der Waals surface area (Å²) >= 11 is 0. The summed E-state index contributed by atoms with van der Waals surface area (Å²) in [6.07, 6.45) is 0.765. The molecule has 3 heteroatoms. The standard InChI is InChI=1S/C12H13NO2/c13-7-6-8-2-1-3-10-9(8)4-5-11(14)12(10)15/h1-5,14-15H,6-7,13H2. The van der Waals surface area contributed by atoms with Gasteiger partial charge < -0.3 is 15.9 Å². The van der Waals surface area contributed by atoms with Gasteiger partial charge in [0, 0.05) is 5.39 Å². The lowest BCUT2D eigenvalue weighted by atomic mass is 10.0. The summed E-state index contributed by atoms with van der Waals surface area (Å²) in [5.74, 6) is -0.154. The van der Waals surface area contributed by atoms with Gasteiger partial charge in [0.15, 0.2) is 11.5 Å². The predicted molar refractivity (Wildman–Crippen MR) is 60.0 cm³/mol. The van der Waals surface area contributed by atoms with Gasteiger partial charge in [-0.25, -0.2) is 0 Å². The van der Waals surface area contributed by atoms with E-state index in [4.69, 9.17) is 5.73 Å². The Bertz CT molecular complexity index is 494. The maximum absolute atomic E-state index is 9.67. The Kier molecular flexibility index (Phi) is 2.47. The Morgan fingerprint density at radius 2 is 1.80 bits per heavy atom. The Labute approximate surface area is 87.8 Å². The molecule has 2 rings (SSSR count). The minimum absolute atomic E-state index is 0.0635. The van der Waals surface area contributed by atoms with Gasteiger partial charge in [0.05, 0.1) is 0 Å². The Balaban J connectivity index is 2.72. The second-order valence-corrected chi connectivity index (χ2v) is 3.48. The van der Waals surface area contributed by atoms with Gasteiger partial charge in [-0.05, 0) is 30.0 Å². The summed E-state index contributed by atoms with van der Waals surface area (Å²) in [6, 6.07) is 8.91. The van der Waals surface area contributed by atoms with Crippen LogP contribution in [0.5, 0.6) is 11.5 Å². The van der Waals surface area contributed by atoms with Crippen LogP contribution in [0.3, 0.4) is 0 Å². The van der Waals surface area contributed by atoms with E-state index in [1.165, 1.54) is 6.07 Å². The summed E-state index contributed by atoms with van der Waals surface area (Å²) < 4.78 is 0. The third-order valence-electron chi connectivity index (χ3n) is 2.52. The van der Waals surface area contributed by atoms with Crippen molar-refractivity contribution in [3.05, 3.63) is 35.9 Å². The molecule has 2 aromatic rings. The lowest BCUT2D eigenvalue weighted by Gasteiger charge is -2.07. The van der Waals surface area contributed by atoms with Crippen molar-refractivity contribution in [3.8, 4) is 11.5 Å². The zero-order chi connectivity index (χ0) is 10.8. The molecule has 0 bridgehead atoms. The van der Waals surface area contributed by atoms with Crippen LogP contribution in [0.1, 0.15) is 5.56 Å². The fraction of sp³-hybridized carbons (Fsp3) is 0.167. The van der Waals surface area contributed by atoms with Gasteiger partial charge in [0.25, 0.3) is 0 Å². The maximum atomic E-state index is 9.67. The van der Waals surface area contributed by atoms with E-state index in [0.29, 0.717) is 11.9 Å². The van der Waals surface area contributed by atoms with Crippen LogP contribution < -0.4 is 5.73 Å². The molecule has 0 amide bonds. The summed E-state index contributed by atoms with van der Waals surface area (Å²) in [5, 5.41) is 20.6. The summed E-state index contributed by atoms with van der Waals surface area (Å²) in [6.45, 7) is 0.570. The molecule has 0 fully saturated rings. The largest absolute Gasteiger partial charge is 0.504 e. The van der Waals surface area contributed by atoms with Gasteiger partial charge in [0.2, 0.25) is 0 Å². The van der Waals surface area contributed by atoms with E-state index in [9.17, 15) is 10.2 Å². The molecular formula is C12H13NO2. The summed E-state index contributed by atoms with van der Waals surface area (Å²) in [4.78, 5) is 0. The Morgan fingerprint density at radius 3 is 2.53 bits per heavy atom. The fourth-order valence-electron chi connectivity index (χ4n) is 1.77. The molecule has 0 spiro atoms. The number of rotatable bonds is 2. The van der Waals surface area contributed by atoms with E-state index in [1.54, 1.807) is 12.1 Å². The zero-order valence-corrected chi connectivity index (χ0v) is 8.27. The first-order valence-electron chi connectivity index (χ1n) is 4.86. The quantitative estimate of drug-likeness (QED) is 0.651. The van der Waals surface area contributed by atoms with Crippen molar-refractivity contribution in [2.24, 2.45) is 5.73 Å². The molecule has 0 atom stereocenters. The van der Waals surface area contributed by atoms with Crippen molar-refractivity contribution in [1.29, 1.82) is 0 Å². The number of aromatic hydroxyl groups is 2. The lowest BCUT2D eigenvalue weighted by Crippen LogP contribution is -2.02. The normalized spacial score (nSPS) is 10.7. The van der Waals surface area contributed by atoms with Crippen molar-refractivity contribution in [2.75, 3.05) is 6.54 Å². The smallest absolute Gasteiger partial charge is 0.165 e. The fourth-order valence-corrected chi connectivity index (χ4v) is 1.77. The highest BCUT2D eigenvalue weighted by atomic mass is 16.3. The summed E-state index contributed by atoms with van der Waals surface area (Å²) in [7, 11) is 0. The molecule has 0 unspecified atom stereocenters. The number of phenolic OH excluding ortho intramolecular Hbond substituents is 2. The highest BCUT2D eigenvalue weighted by Gasteiger charge is 2.07. The molecule has 0 radical (unpaired) electrons. The van der Waals surface area contributed by atoms with Gasteiger partial charge >= 0.3 is 0 Å². The monoisotopic (exact) mass is 203 g/mol. The number of fused-ring (bicyclic) bond motifs is 1. The number of hydrogen-bond donors (Lipinski definition) is 3. The van der Waals surface area contributed by atoms with Crippen LogP contribution in [0, 0.1) is 0 Å². The molecule has 3 nitrogen and oxygen atoms in total. The minimum atomic E-state index is -0.0904. The molecule has 2 aromatic carbocycles. The zero-order valence-electron chi connectivity index (χ0n) is 8.27. The first-order valence-corrected chi connectivity index (χ1v) is 4.86. The first-order chi connectivity index (χ1) is 7.24. The van der Waals surface area contributed by atoms with E-state index in [-0.39, 0.29) is 11.5 Å². The van der Waals surface area contributed by atoms with Gasteiger partial charge in [-0.1, -0.05) is 24.3 Å². The highest BCUT2D eigenvalue weighted by Crippen LogP contribution is 2.34. The Morgan fingerprint density at radius 1 is 1.00 bits per heavy atom. The van der Waals surface area contributed by atoms with E-state index in [0.717, 1.165) is 17.4 Å². The van der Waals surface area contributed by atoms with Gasteiger partial charge in [0.1, 0.15) is 0 Å². The van der Waals surface area contributed by atoms with Crippen molar-refractivity contribution < 1.29 is 10.2 Å². The third kappa shape index (κ3) is 1.62. The Hall–Kier alpha value is -1.74. The lowest BCUT2D eigenvalue weighted by molar-refractivity contribution is 0.408. The van der Waals surface area contributed by atoms with Crippen molar-refractivity contribution in [2.45, 2.75) is 6.42 Å². The van der Waals surface area contributed by atoms with Gasteiger partial charge in [-0.3, -0.25) is 0 Å². The maximum Gasteiger partial charge on any atom is 0.165 e. The molecule has 78 valence electrons. The molecule has 0 heterocycles. The SMILES string of the molecule is NCCc1cccc2c(O)c(O)ccc12. The van der Waals surface area contributed by atoms with E-state index >= 15 is 0 Å². The number of benzene rings is 2. The molecule has 0 aliphatic carbocycles. The highest BCUT2D eigenvalue weighted by molar-refractivity contribution is 5.92. The minimum Gasteiger partial charge on any atom is -0.504 e.